The largest absolute Gasteiger partial charge is 0.322 e. The van der Waals surface area contributed by atoms with Crippen molar-refractivity contribution in [2.75, 3.05) is 5.32 Å². The summed E-state index contributed by atoms with van der Waals surface area (Å²) in [7, 11) is 0. The maximum Gasteiger partial charge on any atom is 0.248 e. The molecular formula is C18H19NO. The predicted molar refractivity (Wildman–Crippen MR) is 84.7 cm³/mol. The molecular weight excluding hydrogens is 246 g/mol. The Kier molecular flexibility index (Phi) is 4.72. The first-order chi connectivity index (χ1) is 9.69. The van der Waals surface area contributed by atoms with E-state index in [0.717, 1.165) is 23.2 Å². The Balaban J connectivity index is 2.03. The fourth-order valence-electron chi connectivity index (χ4n) is 1.97. The second-order valence-corrected chi connectivity index (χ2v) is 4.74. The van der Waals surface area contributed by atoms with Gasteiger partial charge in [-0.2, -0.15) is 0 Å². The van der Waals surface area contributed by atoms with E-state index in [2.05, 4.69) is 12.2 Å². The Morgan fingerprint density at radius 2 is 1.80 bits per heavy atom. The quantitative estimate of drug-likeness (QED) is 0.824. The smallest absolute Gasteiger partial charge is 0.248 e. The van der Waals surface area contributed by atoms with Gasteiger partial charge in [0.25, 0.3) is 0 Å². The van der Waals surface area contributed by atoms with E-state index < -0.39 is 0 Å². The number of aryl methyl sites for hydroxylation is 2. The summed E-state index contributed by atoms with van der Waals surface area (Å²) in [6.07, 6.45) is 4.29. The molecule has 0 bridgehead atoms. The van der Waals surface area contributed by atoms with E-state index in [1.165, 1.54) is 5.56 Å². The molecule has 0 aliphatic rings. The molecule has 1 N–H and O–H groups in total. The normalized spacial score (nSPS) is 10.7. The van der Waals surface area contributed by atoms with E-state index in [0.29, 0.717) is 0 Å². The second-order valence-electron chi connectivity index (χ2n) is 4.74. The number of benzene rings is 2. The van der Waals surface area contributed by atoms with E-state index >= 15 is 0 Å². The van der Waals surface area contributed by atoms with Gasteiger partial charge in [0.2, 0.25) is 5.91 Å². The van der Waals surface area contributed by atoms with E-state index in [1.807, 2.05) is 61.5 Å². The molecule has 0 saturated heterocycles. The molecule has 0 atom stereocenters. The molecule has 20 heavy (non-hydrogen) atoms. The molecule has 0 saturated carbocycles. The Hall–Kier alpha value is -2.35. The number of nitrogens with one attached hydrogen (secondary N) is 1. The lowest BCUT2D eigenvalue weighted by atomic mass is 10.1. The Morgan fingerprint density at radius 1 is 1.10 bits per heavy atom. The summed E-state index contributed by atoms with van der Waals surface area (Å²) in [4.78, 5) is 11.9. The van der Waals surface area contributed by atoms with Crippen molar-refractivity contribution in [3.8, 4) is 0 Å². The van der Waals surface area contributed by atoms with Gasteiger partial charge in [-0.3, -0.25) is 4.79 Å². The van der Waals surface area contributed by atoms with Gasteiger partial charge in [0.15, 0.2) is 0 Å². The molecule has 1 amide bonds. The lowest BCUT2D eigenvalue weighted by Crippen LogP contribution is -2.09. The number of rotatable bonds is 4. The minimum Gasteiger partial charge on any atom is -0.322 e. The van der Waals surface area contributed by atoms with Crippen molar-refractivity contribution < 1.29 is 4.79 Å². The molecule has 0 fully saturated rings. The molecule has 0 heterocycles. The Morgan fingerprint density at radius 3 is 2.50 bits per heavy atom. The number of carbonyl (C=O) groups excluding carboxylic acids is 1. The van der Waals surface area contributed by atoms with Crippen LogP contribution in [0.2, 0.25) is 0 Å². The third-order valence-corrected chi connectivity index (χ3v) is 3.16. The first kappa shape index (κ1) is 14.1. The van der Waals surface area contributed by atoms with Crippen molar-refractivity contribution in [3.05, 3.63) is 71.3 Å². The van der Waals surface area contributed by atoms with Crippen LogP contribution in [0.5, 0.6) is 0 Å². The van der Waals surface area contributed by atoms with Crippen molar-refractivity contribution in [2.45, 2.75) is 20.3 Å². The monoisotopic (exact) mass is 265 g/mol. The highest BCUT2D eigenvalue weighted by Crippen LogP contribution is 2.15. The van der Waals surface area contributed by atoms with E-state index in [9.17, 15) is 4.79 Å². The summed E-state index contributed by atoms with van der Waals surface area (Å²) in [6.45, 7) is 4.12. The van der Waals surface area contributed by atoms with Crippen LogP contribution in [0, 0.1) is 6.92 Å². The van der Waals surface area contributed by atoms with E-state index in [1.54, 1.807) is 6.08 Å². The number of hydrogen-bond donors (Lipinski definition) is 1. The molecule has 0 aliphatic heterocycles. The van der Waals surface area contributed by atoms with Crippen molar-refractivity contribution in [3.63, 3.8) is 0 Å². The summed E-state index contributed by atoms with van der Waals surface area (Å²) in [6, 6.07) is 15.9. The molecule has 2 heteroatoms. The van der Waals surface area contributed by atoms with Crippen molar-refractivity contribution in [1.82, 2.24) is 0 Å². The SMILES string of the molecule is CCc1ccccc1NC(=O)/C=C/c1ccc(C)cc1. The van der Waals surface area contributed by atoms with Crippen molar-refractivity contribution >= 4 is 17.7 Å². The van der Waals surface area contributed by atoms with Crippen LogP contribution in [0.1, 0.15) is 23.6 Å². The minimum absolute atomic E-state index is 0.105. The van der Waals surface area contributed by atoms with Crippen molar-refractivity contribution in [2.24, 2.45) is 0 Å². The predicted octanol–water partition coefficient (Wildman–Crippen LogP) is 4.21. The van der Waals surface area contributed by atoms with Gasteiger partial charge in [-0.05, 0) is 36.6 Å². The molecule has 0 unspecified atom stereocenters. The molecule has 2 rings (SSSR count). The van der Waals surface area contributed by atoms with E-state index in [-0.39, 0.29) is 5.91 Å². The van der Waals surface area contributed by atoms with Crippen LogP contribution in [0.25, 0.3) is 6.08 Å². The number of anilines is 1. The Labute approximate surface area is 120 Å². The zero-order valence-corrected chi connectivity index (χ0v) is 11.9. The highest BCUT2D eigenvalue weighted by Gasteiger charge is 2.02. The van der Waals surface area contributed by atoms with Crippen LogP contribution in [0.4, 0.5) is 5.69 Å². The first-order valence-electron chi connectivity index (χ1n) is 6.82. The van der Waals surface area contributed by atoms with Crippen molar-refractivity contribution in [1.29, 1.82) is 0 Å². The third kappa shape index (κ3) is 3.82. The average molecular weight is 265 g/mol. The van der Waals surface area contributed by atoms with Gasteiger partial charge in [-0.25, -0.2) is 0 Å². The van der Waals surface area contributed by atoms with Gasteiger partial charge < -0.3 is 5.32 Å². The first-order valence-corrected chi connectivity index (χ1v) is 6.82. The minimum atomic E-state index is -0.105. The third-order valence-electron chi connectivity index (χ3n) is 3.16. The summed E-state index contributed by atoms with van der Waals surface area (Å²) in [5.41, 5.74) is 4.26. The number of hydrogen-bond acceptors (Lipinski definition) is 1. The van der Waals surface area contributed by atoms with Crippen LogP contribution in [-0.4, -0.2) is 5.91 Å². The summed E-state index contributed by atoms with van der Waals surface area (Å²) < 4.78 is 0. The maximum atomic E-state index is 11.9. The van der Waals surface area contributed by atoms with E-state index in [4.69, 9.17) is 0 Å². The fourth-order valence-corrected chi connectivity index (χ4v) is 1.97. The highest BCUT2D eigenvalue weighted by atomic mass is 16.1. The molecule has 102 valence electrons. The van der Waals surface area contributed by atoms with Gasteiger partial charge in [0.05, 0.1) is 0 Å². The zero-order chi connectivity index (χ0) is 14.4. The summed E-state index contributed by atoms with van der Waals surface area (Å²) in [5, 5.41) is 2.92. The Bertz CT molecular complexity index is 612. The van der Waals surface area contributed by atoms with Crippen LogP contribution in [0.3, 0.4) is 0 Å². The fraction of sp³-hybridized carbons (Fsp3) is 0.167. The molecule has 0 aromatic heterocycles. The summed E-state index contributed by atoms with van der Waals surface area (Å²) >= 11 is 0. The molecule has 0 spiro atoms. The van der Waals surface area contributed by atoms with Gasteiger partial charge in [-0.15, -0.1) is 0 Å². The van der Waals surface area contributed by atoms with Crippen LogP contribution < -0.4 is 5.32 Å². The molecule has 0 radical (unpaired) electrons. The van der Waals surface area contributed by atoms with Gasteiger partial charge >= 0.3 is 0 Å². The molecule has 0 aliphatic carbocycles. The molecule has 2 aromatic rings. The second kappa shape index (κ2) is 6.71. The lowest BCUT2D eigenvalue weighted by Gasteiger charge is -2.07. The standard InChI is InChI=1S/C18H19NO/c1-3-16-6-4-5-7-17(16)19-18(20)13-12-15-10-8-14(2)9-11-15/h4-13H,3H2,1-2H3,(H,19,20)/b13-12+. The number of para-hydroxylation sites is 1. The van der Waals surface area contributed by atoms with Gasteiger partial charge in [0, 0.05) is 11.8 Å². The molecule has 2 aromatic carbocycles. The van der Waals surface area contributed by atoms with Gasteiger partial charge in [-0.1, -0.05) is 55.0 Å². The maximum absolute atomic E-state index is 11.9. The lowest BCUT2D eigenvalue weighted by molar-refractivity contribution is -0.111. The number of carbonyl (C=O) groups is 1. The van der Waals surface area contributed by atoms with Crippen LogP contribution in [-0.2, 0) is 11.2 Å². The van der Waals surface area contributed by atoms with Crippen LogP contribution in [0.15, 0.2) is 54.6 Å². The van der Waals surface area contributed by atoms with Crippen LogP contribution >= 0.6 is 0 Å². The molecule has 2 nitrogen and oxygen atoms in total. The zero-order valence-electron chi connectivity index (χ0n) is 11.9. The number of amides is 1. The topological polar surface area (TPSA) is 29.1 Å². The van der Waals surface area contributed by atoms with Gasteiger partial charge in [0.1, 0.15) is 0 Å². The average Bonchev–Trinajstić information content (AvgIpc) is 2.47. The highest BCUT2D eigenvalue weighted by molar-refractivity contribution is 6.02. The summed E-state index contributed by atoms with van der Waals surface area (Å²) in [5.74, 6) is -0.105.